The molecule has 25 heavy (non-hydrogen) atoms. The summed E-state index contributed by atoms with van der Waals surface area (Å²) in [5.41, 5.74) is 0.864. The number of carbonyl (C=O) groups is 1. The first-order chi connectivity index (χ1) is 12.2. The first kappa shape index (κ1) is 17.3. The van der Waals surface area contributed by atoms with Crippen molar-refractivity contribution in [3.05, 3.63) is 48.8 Å². The molecule has 1 atom stereocenters. The van der Waals surface area contributed by atoms with Crippen molar-refractivity contribution in [2.24, 2.45) is 0 Å². The molecule has 0 aliphatic heterocycles. The highest BCUT2D eigenvalue weighted by Crippen LogP contribution is 2.27. The Labute approximate surface area is 153 Å². The number of hydrogen-bond acceptors (Lipinski definition) is 7. The molecule has 3 heterocycles. The van der Waals surface area contributed by atoms with E-state index in [-0.39, 0.29) is 11.2 Å². The molecule has 0 radical (unpaired) electrons. The second-order valence-electron chi connectivity index (χ2n) is 5.03. The summed E-state index contributed by atoms with van der Waals surface area (Å²) in [7, 11) is 0. The standard InChI is InChI=1S/C16H16N6OS2/c1-3-8-22-13(12-5-4-6-17-10-12)20-21-16(22)25-11(2)14(23)19-15-18-7-9-24-15/h3-7,9-11H,1,8H2,2H3,(H,18,19,23)/t11-/m1/s1. The van der Waals surface area contributed by atoms with Gasteiger partial charge in [-0.1, -0.05) is 17.8 Å². The third kappa shape index (κ3) is 4.12. The molecule has 0 saturated carbocycles. The van der Waals surface area contributed by atoms with Crippen LogP contribution in [0.2, 0.25) is 0 Å². The van der Waals surface area contributed by atoms with E-state index in [1.807, 2.05) is 29.0 Å². The summed E-state index contributed by atoms with van der Waals surface area (Å²) in [5.74, 6) is 0.569. The second-order valence-corrected chi connectivity index (χ2v) is 7.24. The SMILES string of the molecule is C=CCn1c(S[C@H](C)C(=O)Nc2nccs2)nnc1-c1cccnc1. The Kier molecular flexibility index (Phi) is 5.56. The molecular weight excluding hydrogens is 356 g/mol. The van der Waals surface area contributed by atoms with Crippen molar-refractivity contribution in [3.8, 4) is 11.4 Å². The second kappa shape index (κ2) is 8.04. The Morgan fingerprint density at radius 1 is 1.48 bits per heavy atom. The number of allylic oxidation sites excluding steroid dienone is 1. The number of hydrogen-bond donors (Lipinski definition) is 1. The Bertz CT molecular complexity index is 847. The smallest absolute Gasteiger partial charge is 0.239 e. The van der Waals surface area contributed by atoms with Crippen LogP contribution in [0.4, 0.5) is 5.13 Å². The Balaban J connectivity index is 1.78. The largest absolute Gasteiger partial charge is 0.301 e. The predicted molar refractivity (Wildman–Crippen MR) is 99.5 cm³/mol. The molecule has 3 rings (SSSR count). The van der Waals surface area contributed by atoms with Gasteiger partial charge in [0, 0.05) is 36.1 Å². The molecule has 0 aliphatic rings. The Morgan fingerprint density at radius 3 is 3.04 bits per heavy atom. The number of carbonyl (C=O) groups excluding carboxylic acids is 1. The maximum Gasteiger partial charge on any atom is 0.239 e. The van der Waals surface area contributed by atoms with Crippen molar-refractivity contribution >= 4 is 34.1 Å². The summed E-state index contributed by atoms with van der Waals surface area (Å²) in [4.78, 5) is 20.5. The zero-order valence-corrected chi connectivity index (χ0v) is 15.1. The van der Waals surface area contributed by atoms with Gasteiger partial charge in [0.25, 0.3) is 0 Å². The number of nitrogens with zero attached hydrogens (tertiary/aromatic N) is 5. The van der Waals surface area contributed by atoms with E-state index in [2.05, 4.69) is 32.1 Å². The minimum Gasteiger partial charge on any atom is -0.301 e. The summed E-state index contributed by atoms with van der Waals surface area (Å²) >= 11 is 2.72. The van der Waals surface area contributed by atoms with E-state index in [0.717, 1.165) is 5.56 Å². The predicted octanol–water partition coefficient (Wildman–Crippen LogP) is 3.10. The van der Waals surface area contributed by atoms with E-state index >= 15 is 0 Å². The van der Waals surface area contributed by atoms with Crippen LogP contribution in [0.5, 0.6) is 0 Å². The molecule has 0 spiro atoms. The summed E-state index contributed by atoms with van der Waals surface area (Å²) in [6, 6.07) is 3.77. The van der Waals surface area contributed by atoms with Gasteiger partial charge >= 0.3 is 0 Å². The van der Waals surface area contributed by atoms with Gasteiger partial charge in [0.15, 0.2) is 16.1 Å². The molecular formula is C16H16N6OS2. The zero-order chi connectivity index (χ0) is 17.6. The molecule has 3 aromatic heterocycles. The Hall–Kier alpha value is -2.52. The number of thiazole rings is 1. The molecule has 128 valence electrons. The van der Waals surface area contributed by atoms with E-state index in [1.54, 1.807) is 24.7 Å². The van der Waals surface area contributed by atoms with Gasteiger partial charge in [0.1, 0.15) is 0 Å². The number of aromatic nitrogens is 5. The maximum absolute atomic E-state index is 12.3. The monoisotopic (exact) mass is 372 g/mol. The molecule has 0 saturated heterocycles. The number of nitrogens with one attached hydrogen (secondary N) is 1. The number of thioether (sulfide) groups is 1. The van der Waals surface area contributed by atoms with E-state index in [4.69, 9.17) is 0 Å². The van der Waals surface area contributed by atoms with Gasteiger partial charge in [-0.15, -0.1) is 28.1 Å². The van der Waals surface area contributed by atoms with Crippen LogP contribution in [-0.2, 0) is 11.3 Å². The van der Waals surface area contributed by atoms with Crippen LogP contribution in [0.15, 0.2) is 53.9 Å². The lowest BCUT2D eigenvalue weighted by Gasteiger charge is -2.11. The summed E-state index contributed by atoms with van der Waals surface area (Å²) in [6.07, 6.45) is 6.86. The van der Waals surface area contributed by atoms with Crippen LogP contribution in [0.1, 0.15) is 6.92 Å². The zero-order valence-electron chi connectivity index (χ0n) is 13.5. The highest BCUT2D eigenvalue weighted by Gasteiger charge is 2.21. The Morgan fingerprint density at radius 2 is 2.36 bits per heavy atom. The number of anilines is 1. The summed E-state index contributed by atoms with van der Waals surface area (Å²) < 4.78 is 1.92. The van der Waals surface area contributed by atoms with Crippen LogP contribution in [0.25, 0.3) is 11.4 Å². The van der Waals surface area contributed by atoms with E-state index < -0.39 is 0 Å². The third-order valence-electron chi connectivity index (χ3n) is 3.26. The lowest BCUT2D eigenvalue weighted by atomic mass is 10.3. The molecule has 7 nitrogen and oxygen atoms in total. The van der Waals surface area contributed by atoms with Gasteiger partial charge in [-0.05, 0) is 19.1 Å². The van der Waals surface area contributed by atoms with Crippen molar-refractivity contribution in [1.82, 2.24) is 24.7 Å². The molecule has 0 aromatic carbocycles. The molecule has 1 amide bonds. The molecule has 0 fully saturated rings. The van der Waals surface area contributed by atoms with Crippen molar-refractivity contribution in [2.75, 3.05) is 5.32 Å². The highest BCUT2D eigenvalue weighted by atomic mass is 32.2. The molecule has 0 aliphatic carbocycles. The average Bonchev–Trinajstić information content (AvgIpc) is 3.26. The van der Waals surface area contributed by atoms with Crippen LogP contribution in [0.3, 0.4) is 0 Å². The van der Waals surface area contributed by atoms with Crippen LogP contribution in [-0.4, -0.2) is 35.9 Å². The lowest BCUT2D eigenvalue weighted by Crippen LogP contribution is -2.22. The van der Waals surface area contributed by atoms with Crippen LogP contribution < -0.4 is 5.32 Å². The average molecular weight is 372 g/mol. The van der Waals surface area contributed by atoms with Gasteiger partial charge in [-0.2, -0.15) is 0 Å². The lowest BCUT2D eigenvalue weighted by molar-refractivity contribution is -0.115. The van der Waals surface area contributed by atoms with Gasteiger partial charge in [0.05, 0.1) is 5.25 Å². The topological polar surface area (TPSA) is 85.6 Å². The van der Waals surface area contributed by atoms with E-state index in [9.17, 15) is 4.79 Å². The van der Waals surface area contributed by atoms with Gasteiger partial charge in [0.2, 0.25) is 5.91 Å². The van der Waals surface area contributed by atoms with Crippen LogP contribution in [0, 0.1) is 0 Å². The minimum absolute atomic E-state index is 0.129. The fourth-order valence-electron chi connectivity index (χ4n) is 2.08. The van der Waals surface area contributed by atoms with E-state index in [0.29, 0.717) is 22.7 Å². The van der Waals surface area contributed by atoms with Crippen molar-refractivity contribution < 1.29 is 4.79 Å². The number of pyridine rings is 1. The molecule has 0 unspecified atom stereocenters. The number of rotatable bonds is 7. The van der Waals surface area contributed by atoms with Gasteiger partial charge in [-0.25, -0.2) is 4.98 Å². The summed E-state index contributed by atoms with van der Waals surface area (Å²) in [5, 5.41) is 14.0. The molecule has 0 bridgehead atoms. The fourth-order valence-corrected chi connectivity index (χ4v) is 3.47. The van der Waals surface area contributed by atoms with Crippen molar-refractivity contribution in [3.63, 3.8) is 0 Å². The van der Waals surface area contributed by atoms with E-state index in [1.165, 1.54) is 23.1 Å². The number of amides is 1. The van der Waals surface area contributed by atoms with Gasteiger partial charge < -0.3 is 5.32 Å². The maximum atomic E-state index is 12.3. The third-order valence-corrected chi connectivity index (χ3v) is 5.03. The molecule has 9 heteroatoms. The quantitative estimate of drug-likeness (QED) is 0.507. The molecule has 3 aromatic rings. The van der Waals surface area contributed by atoms with Crippen molar-refractivity contribution in [2.45, 2.75) is 23.9 Å². The normalized spacial score (nSPS) is 11.9. The highest BCUT2D eigenvalue weighted by molar-refractivity contribution is 8.00. The minimum atomic E-state index is -0.349. The van der Waals surface area contributed by atoms with Gasteiger partial charge in [-0.3, -0.25) is 14.3 Å². The van der Waals surface area contributed by atoms with Crippen LogP contribution >= 0.6 is 23.1 Å². The fraction of sp³-hybridized carbons (Fsp3) is 0.188. The first-order valence-electron chi connectivity index (χ1n) is 7.50. The molecule has 1 N–H and O–H groups in total. The van der Waals surface area contributed by atoms with Crippen molar-refractivity contribution in [1.29, 1.82) is 0 Å². The summed E-state index contributed by atoms with van der Waals surface area (Å²) in [6.45, 7) is 6.15. The first-order valence-corrected chi connectivity index (χ1v) is 9.26.